The number of nitrogens with zero attached hydrogens (tertiary/aromatic N) is 3. The summed E-state index contributed by atoms with van der Waals surface area (Å²) < 4.78 is 5.26. The molecule has 0 amide bonds. The first-order valence-corrected chi connectivity index (χ1v) is 6.02. The molecule has 2 rings (SSSR count). The van der Waals surface area contributed by atoms with E-state index in [0.29, 0.717) is 18.7 Å². The summed E-state index contributed by atoms with van der Waals surface area (Å²) in [4.78, 5) is 26.8. The van der Waals surface area contributed by atoms with Crippen molar-refractivity contribution < 1.29 is 19.6 Å². The van der Waals surface area contributed by atoms with Gasteiger partial charge in [-0.15, -0.1) is 0 Å². The van der Waals surface area contributed by atoms with Gasteiger partial charge >= 0.3 is 11.7 Å². The third-order valence-corrected chi connectivity index (χ3v) is 3.07. The van der Waals surface area contributed by atoms with E-state index in [4.69, 9.17) is 9.84 Å². The molecule has 1 aliphatic rings. The lowest BCUT2D eigenvalue weighted by Gasteiger charge is -2.47. The van der Waals surface area contributed by atoms with Gasteiger partial charge in [0.05, 0.1) is 18.0 Å². The Morgan fingerprint density at radius 2 is 2.30 bits per heavy atom. The van der Waals surface area contributed by atoms with Gasteiger partial charge in [-0.2, -0.15) is 0 Å². The Kier molecular flexibility index (Phi) is 3.58. The fourth-order valence-corrected chi connectivity index (χ4v) is 2.16. The summed E-state index contributed by atoms with van der Waals surface area (Å²) in [7, 11) is 0. The zero-order valence-electron chi connectivity index (χ0n) is 11.2. The highest BCUT2D eigenvalue weighted by Gasteiger charge is 2.43. The summed E-state index contributed by atoms with van der Waals surface area (Å²) in [6.45, 7) is 3.87. The van der Waals surface area contributed by atoms with Gasteiger partial charge in [-0.05, 0) is 19.4 Å². The molecule has 108 valence electrons. The number of carboxylic acids is 1. The highest BCUT2D eigenvalue weighted by atomic mass is 16.6. The number of anilines is 1. The molecule has 0 unspecified atom stereocenters. The minimum absolute atomic E-state index is 0.0507. The average Bonchev–Trinajstić information content (AvgIpc) is 2.33. The van der Waals surface area contributed by atoms with Crippen LogP contribution in [0.2, 0.25) is 0 Å². The summed E-state index contributed by atoms with van der Waals surface area (Å²) >= 11 is 0. The number of carbonyl (C=O) groups is 1. The molecule has 0 saturated carbocycles. The third-order valence-electron chi connectivity index (χ3n) is 3.07. The molecule has 0 aliphatic carbocycles. The van der Waals surface area contributed by atoms with E-state index < -0.39 is 16.5 Å². The van der Waals surface area contributed by atoms with E-state index >= 15 is 0 Å². The Morgan fingerprint density at radius 1 is 1.65 bits per heavy atom. The van der Waals surface area contributed by atoms with Crippen molar-refractivity contribution in [3.8, 4) is 0 Å². The number of aliphatic carboxylic acids is 1. The van der Waals surface area contributed by atoms with E-state index in [0.717, 1.165) is 0 Å². The SMILES string of the molecule is Cc1cnc(N2CC(C)(OCC(=O)O)C2)c([N+](=O)[O-])c1. The fraction of sp³-hybridized carbons (Fsp3) is 0.500. The minimum Gasteiger partial charge on any atom is -0.480 e. The van der Waals surface area contributed by atoms with Crippen LogP contribution in [0.1, 0.15) is 12.5 Å². The van der Waals surface area contributed by atoms with Gasteiger partial charge < -0.3 is 14.7 Å². The normalized spacial score (nSPS) is 16.6. The fourth-order valence-electron chi connectivity index (χ4n) is 2.16. The number of hydrogen-bond acceptors (Lipinski definition) is 6. The Hall–Kier alpha value is -2.22. The van der Waals surface area contributed by atoms with Gasteiger partial charge in [0.1, 0.15) is 12.2 Å². The molecule has 2 heterocycles. The second kappa shape index (κ2) is 5.04. The van der Waals surface area contributed by atoms with Crippen molar-refractivity contribution in [2.75, 3.05) is 24.6 Å². The number of aromatic nitrogens is 1. The lowest BCUT2D eigenvalue weighted by molar-refractivity contribution is -0.384. The van der Waals surface area contributed by atoms with E-state index in [2.05, 4.69) is 4.98 Å². The Morgan fingerprint density at radius 3 is 2.85 bits per heavy atom. The molecule has 1 aromatic rings. The maximum Gasteiger partial charge on any atom is 0.329 e. The third kappa shape index (κ3) is 2.85. The number of carboxylic acid groups (broad SMARTS) is 1. The number of aryl methyl sites for hydroxylation is 1. The number of hydrogen-bond donors (Lipinski definition) is 1. The zero-order chi connectivity index (χ0) is 14.9. The molecule has 8 heteroatoms. The minimum atomic E-state index is -1.04. The first-order chi connectivity index (χ1) is 9.31. The van der Waals surface area contributed by atoms with Gasteiger partial charge in [0.2, 0.25) is 5.82 Å². The molecule has 1 saturated heterocycles. The number of rotatable bonds is 5. The van der Waals surface area contributed by atoms with E-state index in [-0.39, 0.29) is 18.1 Å². The zero-order valence-corrected chi connectivity index (χ0v) is 11.2. The summed E-state index contributed by atoms with van der Waals surface area (Å²) in [6.07, 6.45) is 1.57. The molecule has 20 heavy (non-hydrogen) atoms. The van der Waals surface area contributed by atoms with Crippen LogP contribution in [-0.2, 0) is 9.53 Å². The van der Waals surface area contributed by atoms with E-state index in [1.54, 1.807) is 24.9 Å². The predicted octanol–water partition coefficient (Wildman–Crippen LogP) is 0.978. The molecule has 1 aliphatic heterocycles. The molecule has 0 spiro atoms. The Bertz CT molecular complexity index is 554. The second-order valence-electron chi connectivity index (χ2n) is 5.10. The summed E-state index contributed by atoms with van der Waals surface area (Å²) in [6, 6.07) is 1.47. The van der Waals surface area contributed by atoms with Crippen molar-refractivity contribution in [1.82, 2.24) is 4.98 Å². The van der Waals surface area contributed by atoms with Crippen LogP contribution in [0.5, 0.6) is 0 Å². The van der Waals surface area contributed by atoms with Crippen molar-refractivity contribution in [2.45, 2.75) is 19.4 Å². The van der Waals surface area contributed by atoms with Gasteiger partial charge in [-0.3, -0.25) is 10.1 Å². The van der Waals surface area contributed by atoms with Crippen LogP contribution in [0.4, 0.5) is 11.5 Å². The van der Waals surface area contributed by atoms with E-state index in [9.17, 15) is 14.9 Å². The summed E-state index contributed by atoms with van der Waals surface area (Å²) in [5.41, 5.74) is 0.0508. The van der Waals surface area contributed by atoms with Crippen molar-refractivity contribution in [3.05, 3.63) is 27.9 Å². The number of ether oxygens (including phenoxy) is 1. The maximum atomic E-state index is 11.0. The first kappa shape index (κ1) is 14.2. The highest BCUT2D eigenvalue weighted by Crippen LogP contribution is 2.34. The number of pyridine rings is 1. The first-order valence-electron chi connectivity index (χ1n) is 6.02. The molecule has 1 N–H and O–H groups in total. The molecule has 0 bridgehead atoms. The molecule has 1 fully saturated rings. The van der Waals surface area contributed by atoms with Crippen LogP contribution in [0.25, 0.3) is 0 Å². The largest absolute Gasteiger partial charge is 0.480 e. The van der Waals surface area contributed by atoms with Crippen molar-refractivity contribution in [2.24, 2.45) is 0 Å². The second-order valence-corrected chi connectivity index (χ2v) is 5.10. The van der Waals surface area contributed by atoms with Crippen LogP contribution in [0.15, 0.2) is 12.3 Å². The quantitative estimate of drug-likeness (QED) is 0.633. The van der Waals surface area contributed by atoms with Crippen molar-refractivity contribution >= 4 is 17.5 Å². The van der Waals surface area contributed by atoms with Crippen molar-refractivity contribution in [1.29, 1.82) is 0 Å². The lowest BCUT2D eigenvalue weighted by atomic mass is 9.96. The molecule has 8 nitrogen and oxygen atoms in total. The van der Waals surface area contributed by atoms with Crippen LogP contribution >= 0.6 is 0 Å². The van der Waals surface area contributed by atoms with Crippen LogP contribution in [0, 0.1) is 17.0 Å². The summed E-state index contributed by atoms with van der Waals surface area (Å²) in [5, 5.41) is 19.6. The van der Waals surface area contributed by atoms with Crippen LogP contribution < -0.4 is 4.90 Å². The van der Waals surface area contributed by atoms with Gasteiger partial charge in [0, 0.05) is 12.3 Å². The van der Waals surface area contributed by atoms with Gasteiger partial charge in [0.25, 0.3) is 0 Å². The van der Waals surface area contributed by atoms with Crippen molar-refractivity contribution in [3.63, 3.8) is 0 Å². The Balaban J connectivity index is 2.09. The van der Waals surface area contributed by atoms with Crippen LogP contribution in [0.3, 0.4) is 0 Å². The van der Waals surface area contributed by atoms with E-state index in [1.165, 1.54) is 6.07 Å². The van der Waals surface area contributed by atoms with Crippen LogP contribution in [-0.4, -0.2) is 46.3 Å². The lowest BCUT2D eigenvalue weighted by Crippen LogP contribution is -2.62. The number of nitro groups is 1. The topological polar surface area (TPSA) is 106 Å². The average molecular weight is 281 g/mol. The van der Waals surface area contributed by atoms with Gasteiger partial charge in [-0.1, -0.05) is 0 Å². The Labute approximate surface area is 115 Å². The molecular formula is C12H15N3O5. The highest BCUT2D eigenvalue weighted by molar-refractivity contribution is 5.68. The summed E-state index contributed by atoms with van der Waals surface area (Å²) in [5.74, 6) is -0.749. The molecular weight excluding hydrogens is 266 g/mol. The van der Waals surface area contributed by atoms with Gasteiger partial charge in [0.15, 0.2) is 0 Å². The monoisotopic (exact) mass is 281 g/mol. The van der Waals surface area contributed by atoms with Gasteiger partial charge in [-0.25, -0.2) is 9.78 Å². The van der Waals surface area contributed by atoms with E-state index in [1.807, 2.05) is 0 Å². The predicted molar refractivity (Wildman–Crippen MR) is 69.8 cm³/mol. The maximum absolute atomic E-state index is 11.0. The molecule has 0 aromatic carbocycles. The smallest absolute Gasteiger partial charge is 0.329 e. The molecule has 0 radical (unpaired) electrons. The molecule has 0 atom stereocenters. The standard InChI is InChI=1S/C12H15N3O5/c1-8-3-9(15(18)19)11(13-4-8)14-6-12(2,7-14)20-5-10(16)17/h3-4H,5-7H2,1-2H3,(H,16,17). The molecule has 1 aromatic heterocycles.